The first-order valence-electron chi connectivity index (χ1n) is 3.30. The zero-order chi connectivity index (χ0) is 8.59. The Balaban J connectivity index is 0.00000121. The molecule has 0 saturated carbocycles. The number of rotatable bonds is 1. The van der Waals surface area contributed by atoms with Crippen LogP contribution in [0.1, 0.15) is 21.7 Å². The molecule has 0 aliphatic heterocycles. The van der Waals surface area contributed by atoms with Gasteiger partial charge in [-0.2, -0.15) is 5.10 Å². The van der Waals surface area contributed by atoms with Crippen LogP contribution >= 0.6 is 0 Å². The van der Waals surface area contributed by atoms with E-state index in [2.05, 4.69) is 5.10 Å². The molecule has 4 nitrogen and oxygen atoms in total. The summed E-state index contributed by atoms with van der Waals surface area (Å²) in [4.78, 5) is 10.7. The van der Waals surface area contributed by atoms with Crippen molar-refractivity contribution in [3.8, 4) is 0 Å². The molecule has 5 heteroatoms. The predicted octanol–water partition coefficient (Wildman–Crippen LogP) is -1.77. The van der Waals surface area contributed by atoms with Gasteiger partial charge < -0.3 is 10.5 Å². The molecule has 1 amide bonds. The van der Waals surface area contributed by atoms with E-state index in [1.807, 2.05) is 6.92 Å². The normalized spacial score (nSPS) is 9.25. The molecule has 0 aliphatic carbocycles. The number of aromatic nitrogens is 2. The molecule has 1 aromatic rings. The molecular weight excluding hydrogens is 165 g/mol. The van der Waals surface area contributed by atoms with Crippen LogP contribution in [0.25, 0.3) is 5.73 Å². The predicted molar refractivity (Wildman–Crippen MR) is 41.3 cm³/mol. The van der Waals surface area contributed by atoms with Crippen molar-refractivity contribution < 1.29 is 34.4 Å². The molecule has 12 heavy (non-hydrogen) atoms. The van der Waals surface area contributed by atoms with Crippen LogP contribution in [0.5, 0.6) is 0 Å². The number of hydrogen-bond donors (Lipinski definition) is 0. The summed E-state index contributed by atoms with van der Waals surface area (Å²) in [6, 6.07) is 0. The third kappa shape index (κ3) is 1.88. The van der Waals surface area contributed by atoms with E-state index >= 15 is 0 Å². The molecule has 0 fully saturated rings. The van der Waals surface area contributed by atoms with Crippen molar-refractivity contribution in [3.63, 3.8) is 0 Å². The minimum atomic E-state index is -0.675. The van der Waals surface area contributed by atoms with E-state index in [0.29, 0.717) is 5.69 Å². The Hall–Kier alpha value is -0.320. The van der Waals surface area contributed by atoms with Gasteiger partial charge in [-0.3, -0.25) is 4.68 Å². The molecule has 1 heterocycles. The Kier molecular flexibility index (Phi) is 3.96. The molecule has 0 spiro atoms. The summed E-state index contributed by atoms with van der Waals surface area (Å²) in [7, 11) is 1.67. The van der Waals surface area contributed by atoms with Crippen LogP contribution in [0.2, 0.25) is 0 Å². The second kappa shape index (κ2) is 4.07. The van der Waals surface area contributed by atoms with Gasteiger partial charge in [-0.05, 0) is 19.4 Å². The monoisotopic (exact) mass is 175 g/mol. The second-order valence-corrected chi connectivity index (χ2v) is 2.51. The fraction of sp³-hybridized carbons (Fsp3) is 0.429. The van der Waals surface area contributed by atoms with E-state index in [4.69, 9.17) is 5.73 Å². The summed E-state index contributed by atoms with van der Waals surface area (Å²) in [5.74, 6) is -0.675. The number of nitrogens with zero attached hydrogens (tertiary/aromatic N) is 2. The fourth-order valence-corrected chi connectivity index (χ4v) is 1.08. The molecule has 0 bridgehead atoms. The zero-order valence-electron chi connectivity index (χ0n) is 7.80. The summed E-state index contributed by atoms with van der Waals surface area (Å²) < 4.78 is 1.44. The van der Waals surface area contributed by atoms with E-state index in [1.54, 1.807) is 14.0 Å². The van der Waals surface area contributed by atoms with Gasteiger partial charge >= 0.3 is 29.6 Å². The Labute approximate surface area is 93.4 Å². The Morgan fingerprint density at radius 1 is 1.50 bits per heavy atom. The topological polar surface area (TPSA) is 58.7 Å². The minimum Gasteiger partial charge on any atom is -0.662 e. The molecule has 0 aromatic carbocycles. The zero-order valence-corrected chi connectivity index (χ0v) is 9.80. The molecule has 0 radical (unpaired) electrons. The molecule has 0 aliphatic rings. The Bertz CT molecular complexity index is 306. The maximum atomic E-state index is 10.7. The molecule has 0 unspecified atom stereocenters. The maximum Gasteiger partial charge on any atom is 1.00 e. The van der Waals surface area contributed by atoms with Gasteiger partial charge in [-0.15, -0.1) is 0 Å². The standard InChI is InChI=1S/C7H11N3O.Na/c1-4-5(2)9-10(3)6(4)7(8)11;/h1-3H3,(H2,8,11);/q;+1/p-1. The van der Waals surface area contributed by atoms with Gasteiger partial charge in [0.25, 0.3) is 0 Å². The van der Waals surface area contributed by atoms with E-state index in [0.717, 1.165) is 11.3 Å². The van der Waals surface area contributed by atoms with Gasteiger partial charge in [0, 0.05) is 7.05 Å². The van der Waals surface area contributed by atoms with Crippen LogP contribution in [0.4, 0.5) is 0 Å². The van der Waals surface area contributed by atoms with E-state index in [1.165, 1.54) is 4.68 Å². The molecule has 1 N–H and O–H groups in total. The smallest absolute Gasteiger partial charge is 0.662 e. The van der Waals surface area contributed by atoms with Crippen molar-refractivity contribution in [1.82, 2.24) is 9.78 Å². The molecule has 60 valence electrons. The number of carbonyl (C=O) groups is 1. The van der Waals surface area contributed by atoms with E-state index < -0.39 is 5.91 Å². The van der Waals surface area contributed by atoms with Gasteiger partial charge in [-0.25, -0.2) is 0 Å². The van der Waals surface area contributed by atoms with Crippen LogP contribution in [0.3, 0.4) is 0 Å². The Morgan fingerprint density at radius 3 is 2.17 bits per heavy atom. The average Bonchev–Trinajstić information content (AvgIpc) is 2.07. The number of aryl methyl sites for hydroxylation is 2. The number of carbonyl (C=O) groups excluding carboxylic acids is 1. The van der Waals surface area contributed by atoms with Crippen molar-refractivity contribution in [3.05, 3.63) is 22.7 Å². The van der Waals surface area contributed by atoms with E-state index in [9.17, 15) is 4.79 Å². The van der Waals surface area contributed by atoms with Crippen LogP contribution in [0, 0.1) is 13.8 Å². The first-order valence-corrected chi connectivity index (χ1v) is 3.30. The van der Waals surface area contributed by atoms with Crippen molar-refractivity contribution >= 4 is 5.91 Å². The third-order valence-corrected chi connectivity index (χ3v) is 1.74. The first-order chi connectivity index (χ1) is 5.04. The average molecular weight is 175 g/mol. The second-order valence-electron chi connectivity index (χ2n) is 2.51. The summed E-state index contributed by atoms with van der Waals surface area (Å²) in [5, 5.41) is 4.01. The summed E-state index contributed by atoms with van der Waals surface area (Å²) in [6.45, 7) is 3.62. The van der Waals surface area contributed by atoms with Gasteiger partial charge in [-0.1, -0.05) is 0 Å². The largest absolute Gasteiger partial charge is 1.00 e. The minimum absolute atomic E-state index is 0. The van der Waals surface area contributed by atoms with Crippen LogP contribution < -0.4 is 29.6 Å². The SMILES string of the molecule is Cc1nn(C)c(C([NH-])=O)c1C.[Na+]. The molecule has 1 rings (SSSR count). The molecule has 0 atom stereocenters. The first kappa shape index (κ1) is 11.7. The van der Waals surface area contributed by atoms with Crippen molar-refractivity contribution in [2.45, 2.75) is 13.8 Å². The maximum absolute atomic E-state index is 10.7. The summed E-state index contributed by atoms with van der Waals surface area (Å²) in [6.07, 6.45) is 0. The van der Waals surface area contributed by atoms with Crippen LogP contribution in [-0.4, -0.2) is 15.7 Å². The Morgan fingerprint density at radius 2 is 2.00 bits per heavy atom. The number of amides is 1. The van der Waals surface area contributed by atoms with Gasteiger partial charge in [0.05, 0.1) is 17.3 Å². The van der Waals surface area contributed by atoms with Gasteiger partial charge in [0.1, 0.15) is 0 Å². The van der Waals surface area contributed by atoms with Gasteiger partial charge in [0.15, 0.2) is 0 Å². The number of hydrogen-bond acceptors (Lipinski definition) is 2. The third-order valence-electron chi connectivity index (χ3n) is 1.74. The summed E-state index contributed by atoms with van der Waals surface area (Å²) in [5.41, 5.74) is 8.90. The fourth-order valence-electron chi connectivity index (χ4n) is 1.08. The van der Waals surface area contributed by atoms with Crippen LogP contribution in [-0.2, 0) is 7.05 Å². The van der Waals surface area contributed by atoms with Crippen molar-refractivity contribution in [2.24, 2.45) is 7.05 Å². The molecule has 1 aromatic heterocycles. The van der Waals surface area contributed by atoms with Crippen molar-refractivity contribution in [1.29, 1.82) is 0 Å². The molecular formula is C7H10N3NaO. The van der Waals surface area contributed by atoms with Crippen molar-refractivity contribution in [2.75, 3.05) is 0 Å². The summed E-state index contributed by atoms with van der Waals surface area (Å²) >= 11 is 0. The van der Waals surface area contributed by atoms with E-state index in [-0.39, 0.29) is 29.6 Å². The van der Waals surface area contributed by atoms with Gasteiger partial charge in [0.2, 0.25) is 0 Å². The van der Waals surface area contributed by atoms with Crippen LogP contribution in [0.15, 0.2) is 0 Å². The quantitative estimate of drug-likeness (QED) is 0.474. The molecule has 0 saturated heterocycles. The number of nitrogens with one attached hydrogen (secondary N) is 1.